The monoisotopic (exact) mass is 293 g/mol. The van der Waals surface area contributed by atoms with E-state index in [0.29, 0.717) is 16.4 Å². The molecule has 0 spiro atoms. The molecule has 0 atom stereocenters. The summed E-state index contributed by atoms with van der Waals surface area (Å²) < 4.78 is 7.07. The van der Waals surface area contributed by atoms with Crippen molar-refractivity contribution in [3.05, 3.63) is 47.0 Å². The van der Waals surface area contributed by atoms with Crippen LogP contribution < -0.4 is 5.73 Å². The molecule has 0 aliphatic rings. The van der Waals surface area contributed by atoms with E-state index in [1.54, 1.807) is 29.1 Å². The average Bonchev–Trinajstić information content (AvgIpc) is 2.79. The molecule has 0 aromatic carbocycles. The Morgan fingerprint density at radius 3 is 3.05 bits per heavy atom. The van der Waals surface area contributed by atoms with E-state index < -0.39 is 5.97 Å². The first-order valence-corrected chi connectivity index (χ1v) is 6.70. The van der Waals surface area contributed by atoms with Crippen LogP contribution in [0.5, 0.6) is 0 Å². The first-order valence-electron chi connectivity index (χ1n) is 6.33. The van der Waals surface area contributed by atoms with Crippen LogP contribution in [0.1, 0.15) is 29.4 Å². The fourth-order valence-electron chi connectivity index (χ4n) is 1.87. The zero-order valence-electron chi connectivity index (χ0n) is 11.2. The lowest BCUT2D eigenvalue weighted by Gasteiger charge is -2.08. The Hall–Kier alpha value is -2.01. The van der Waals surface area contributed by atoms with Gasteiger partial charge in [0.05, 0.1) is 10.7 Å². The number of carbonyl (C=O) groups excluding carboxylic acids is 1. The van der Waals surface area contributed by atoms with Crippen molar-refractivity contribution in [2.45, 2.75) is 26.5 Å². The first-order chi connectivity index (χ1) is 9.61. The van der Waals surface area contributed by atoms with Crippen molar-refractivity contribution >= 4 is 23.3 Å². The Kier molecular flexibility index (Phi) is 4.63. The molecule has 2 aromatic rings. The molecule has 0 radical (unpaired) electrons. The molecule has 0 fully saturated rings. The number of halogens is 1. The van der Waals surface area contributed by atoms with Crippen molar-refractivity contribution in [1.82, 2.24) is 9.55 Å². The van der Waals surface area contributed by atoms with E-state index in [4.69, 9.17) is 22.1 Å². The van der Waals surface area contributed by atoms with Crippen molar-refractivity contribution in [1.29, 1.82) is 0 Å². The number of aromatic nitrogens is 2. The Bertz CT molecular complexity index is 610. The predicted octanol–water partition coefficient (Wildman–Crippen LogP) is 2.89. The smallest absolute Gasteiger partial charge is 0.355 e. The highest BCUT2D eigenvalue weighted by atomic mass is 35.5. The molecule has 20 heavy (non-hydrogen) atoms. The van der Waals surface area contributed by atoms with Gasteiger partial charge in [0.1, 0.15) is 12.3 Å². The molecular formula is C14H16ClN3O2. The number of carbonyl (C=O) groups is 1. The van der Waals surface area contributed by atoms with Gasteiger partial charge in [-0.15, -0.1) is 0 Å². The topological polar surface area (TPSA) is 70.1 Å². The molecule has 0 unspecified atom stereocenters. The molecule has 0 saturated carbocycles. The molecule has 0 saturated heterocycles. The van der Waals surface area contributed by atoms with Gasteiger partial charge in [0.2, 0.25) is 0 Å². The molecule has 5 nitrogen and oxygen atoms in total. The zero-order chi connectivity index (χ0) is 14.5. The number of nitrogens with two attached hydrogens (primary N) is 1. The Morgan fingerprint density at radius 2 is 2.35 bits per heavy atom. The molecule has 106 valence electrons. The van der Waals surface area contributed by atoms with Crippen molar-refractivity contribution in [2.75, 3.05) is 5.73 Å². The quantitative estimate of drug-likeness (QED) is 0.861. The van der Waals surface area contributed by atoms with Gasteiger partial charge in [-0.2, -0.15) is 0 Å². The molecular weight excluding hydrogens is 278 g/mol. The first kappa shape index (κ1) is 14.4. The van der Waals surface area contributed by atoms with Crippen LogP contribution in [0, 0.1) is 0 Å². The number of nitrogens with zero attached hydrogens (tertiary/aromatic N) is 2. The fraction of sp³-hybridized carbons (Fsp3) is 0.286. The standard InChI is InChI=1S/C14H16ClN3O2/c1-2-5-18-8-11(16)6-13(18)14(19)20-9-10-3-4-17-7-12(10)15/h3-4,6-8H,2,5,9,16H2,1H3. The lowest BCUT2D eigenvalue weighted by atomic mass is 10.3. The lowest BCUT2D eigenvalue weighted by Crippen LogP contribution is -2.12. The van der Waals surface area contributed by atoms with Gasteiger partial charge in [0, 0.05) is 30.7 Å². The number of hydrogen-bond acceptors (Lipinski definition) is 4. The Morgan fingerprint density at radius 1 is 1.55 bits per heavy atom. The molecule has 2 rings (SSSR count). The average molecular weight is 294 g/mol. The van der Waals surface area contributed by atoms with E-state index in [1.165, 1.54) is 6.20 Å². The maximum atomic E-state index is 12.1. The second-order valence-electron chi connectivity index (χ2n) is 4.40. The van der Waals surface area contributed by atoms with Gasteiger partial charge in [-0.1, -0.05) is 18.5 Å². The highest BCUT2D eigenvalue weighted by Gasteiger charge is 2.14. The van der Waals surface area contributed by atoms with Gasteiger partial charge in [-0.25, -0.2) is 4.79 Å². The van der Waals surface area contributed by atoms with Gasteiger partial charge in [-0.3, -0.25) is 4.98 Å². The van der Waals surface area contributed by atoms with Crippen LogP contribution in [-0.2, 0) is 17.9 Å². The molecule has 2 N–H and O–H groups in total. The van der Waals surface area contributed by atoms with Crippen molar-refractivity contribution < 1.29 is 9.53 Å². The number of esters is 1. The third kappa shape index (κ3) is 3.30. The summed E-state index contributed by atoms with van der Waals surface area (Å²) in [4.78, 5) is 16.0. The molecule has 0 bridgehead atoms. The zero-order valence-corrected chi connectivity index (χ0v) is 11.9. The van der Waals surface area contributed by atoms with Crippen LogP contribution in [0.3, 0.4) is 0 Å². The van der Waals surface area contributed by atoms with Gasteiger partial charge >= 0.3 is 5.97 Å². The van der Waals surface area contributed by atoms with Crippen LogP contribution in [0.2, 0.25) is 5.02 Å². The van der Waals surface area contributed by atoms with Crippen LogP contribution in [0.15, 0.2) is 30.7 Å². The second kappa shape index (κ2) is 6.43. The predicted molar refractivity (Wildman–Crippen MR) is 77.5 cm³/mol. The van der Waals surface area contributed by atoms with Gasteiger partial charge < -0.3 is 15.0 Å². The minimum atomic E-state index is -0.414. The van der Waals surface area contributed by atoms with Crippen LogP contribution in [0.25, 0.3) is 0 Å². The van der Waals surface area contributed by atoms with Gasteiger partial charge in [0.25, 0.3) is 0 Å². The van der Waals surface area contributed by atoms with Crippen LogP contribution in [0.4, 0.5) is 5.69 Å². The van der Waals surface area contributed by atoms with Crippen LogP contribution in [-0.4, -0.2) is 15.5 Å². The highest BCUT2D eigenvalue weighted by Crippen LogP contribution is 2.17. The van der Waals surface area contributed by atoms with E-state index in [9.17, 15) is 4.79 Å². The summed E-state index contributed by atoms with van der Waals surface area (Å²) in [6.07, 6.45) is 5.76. The van der Waals surface area contributed by atoms with Crippen LogP contribution >= 0.6 is 11.6 Å². The summed E-state index contributed by atoms with van der Waals surface area (Å²) in [6.45, 7) is 2.86. The number of hydrogen-bond donors (Lipinski definition) is 1. The number of rotatable bonds is 5. The SMILES string of the molecule is CCCn1cc(N)cc1C(=O)OCc1ccncc1Cl. The number of nitrogen functional groups attached to an aromatic ring is 1. The summed E-state index contributed by atoms with van der Waals surface area (Å²) in [7, 11) is 0. The molecule has 0 amide bonds. The maximum absolute atomic E-state index is 12.1. The van der Waals surface area contributed by atoms with Gasteiger partial charge in [0.15, 0.2) is 0 Å². The second-order valence-corrected chi connectivity index (χ2v) is 4.80. The van der Waals surface area contributed by atoms with Crippen molar-refractivity contribution in [2.24, 2.45) is 0 Å². The summed E-state index contributed by atoms with van der Waals surface area (Å²) in [5, 5.41) is 0.476. The highest BCUT2D eigenvalue weighted by molar-refractivity contribution is 6.31. The third-order valence-electron chi connectivity index (χ3n) is 2.81. The van der Waals surface area contributed by atoms with E-state index in [-0.39, 0.29) is 6.61 Å². The van der Waals surface area contributed by atoms with E-state index in [1.807, 2.05) is 6.92 Å². The lowest BCUT2D eigenvalue weighted by molar-refractivity contribution is 0.0460. The number of anilines is 1. The summed E-state index contributed by atoms with van der Waals surface area (Å²) in [5.41, 5.74) is 7.44. The Balaban J connectivity index is 2.07. The maximum Gasteiger partial charge on any atom is 0.355 e. The van der Waals surface area contributed by atoms with Crippen molar-refractivity contribution in [3.63, 3.8) is 0 Å². The van der Waals surface area contributed by atoms with E-state index in [2.05, 4.69) is 4.98 Å². The molecule has 2 heterocycles. The minimum absolute atomic E-state index is 0.109. The largest absolute Gasteiger partial charge is 0.456 e. The summed E-state index contributed by atoms with van der Waals surface area (Å²) in [6, 6.07) is 3.33. The molecule has 0 aliphatic heterocycles. The number of pyridine rings is 1. The molecule has 2 aromatic heterocycles. The summed E-state index contributed by atoms with van der Waals surface area (Å²) >= 11 is 5.96. The van der Waals surface area contributed by atoms with E-state index in [0.717, 1.165) is 18.5 Å². The molecule has 0 aliphatic carbocycles. The number of aryl methyl sites for hydroxylation is 1. The fourth-order valence-corrected chi connectivity index (χ4v) is 2.04. The minimum Gasteiger partial charge on any atom is -0.456 e. The third-order valence-corrected chi connectivity index (χ3v) is 3.15. The van der Waals surface area contributed by atoms with Crippen molar-refractivity contribution in [3.8, 4) is 0 Å². The van der Waals surface area contributed by atoms with E-state index >= 15 is 0 Å². The summed E-state index contributed by atoms with van der Waals surface area (Å²) in [5.74, 6) is -0.414. The Labute approximate surface area is 122 Å². The number of ether oxygens (including phenoxy) is 1. The molecule has 6 heteroatoms. The normalized spacial score (nSPS) is 10.5. The van der Waals surface area contributed by atoms with Gasteiger partial charge in [-0.05, 0) is 18.6 Å².